The van der Waals surface area contributed by atoms with Crippen molar-refractivity contribution in [1.29, 1.82) is 0 Å². The van der Waals surface area contributed by atoms with Crippen molar-refractivity contribution in [2.45, 2.75) is 33.2 Å². The fourth-order valence-electron chi connectivity index (χ4n) is 1.78. The van der Waals surface area contributed by atoms with Crippen molar-refractivity contribution in [3.8, 4) is 11.5 Å². The van der Waals surface area contributed by atoms with E-state index < -0.39 is 0 Å². The minimum Gasteiger partial charge on any atom is -0.419 e. The van der Waals surface area contributed by atoms with Gasteiger partial charge in [-0.05, 0) is 54.4 Å². The highest BCUT2D eigenvalue weighted by atomic mass is 79.9. The highest BCUT2D eigenvalue weighted by Gasteiger charge is 2.16. The van der Waals surface area contributed by atoms with Crippen molar-refractivity contribution >= 4 is 15.9 Å². The third kappa shape index (κ3) is 3.22. The zero-order valence-electron chi connectivity index (χ0n) is 11.4. The van der Waals surface area contributed by atoms with E-state index in [9.17, 15) is 0 Å². The molecule has 0 fully saturated rings. The Kier molecular flexibility index (Phi) is 4.71. The van der Waals surface area contributed by atoms with Gasteiger partial charge in [0.25, 0.3) is 0 Å². The summed E-state index contributed by atoms with van der Waals surface area (Å²) < 4.78 is 6.75. The molecule has 0 aliphatic rings. The summed E-state index contributed by atoms with van der Waals surface area (Å²) in [7, 11) is 0. The molecule has 4 nitrogen and oxygen atoms in total. The monoisotopic (exact) mass is 323 g/mol. The number of aryl methyl sites for hydroxylation is 1. The summed E-state index contributed by atoms with van der Waals surface area (Å²) in [5, 5.41) is 11.6. The third-order valence-electron chi connectivity index (χ3n) is 2.93. The lowest BCUT2D eigenvalue weighted by Crippen LogP contribution is -2.19. The van der Waals surface area contributed by atoms with Gasteiger partial charge in [-0.15, -0.1) is 10.2 Å². The summed E-state index contributed by atoms with van der Waals surface area (Å²) in [6.45, 7) is 7.13. The molecule has 1 N–H and O–H groups in total. The maximum Gasteiger partial charge on any atom is 0.248 e. The Morgan fingerprint density at radius 3 is 2.89 bits per heavy atom. The van der Waals surface area contributed by atoms with Gasteiger partial charge in [0.2, 0.25) is 11.8 Å². The van der Waals surface area contributed by atoms with Crippen LogP contribution in [0.3, 0.4) is 0 Å². The van der Waals surface area contributed by atoms with Gasteiger partial charge < -0.3 is 9.73 Å². The molecular formula is C14H18BrN3O. The molecule has 0 spiro atoms. The molecule has 0 aliphatic carbocycles. The van der Waals surface area contributed by atoms with Gasteiger partial charge in [0.15, 0.2) is 0 Å². The molecule has 0 saturated carbocycles. The summed E-state index contributed by atoms with van der Waals surface area (Å²) in [5.74, 6) is 1.17. The Labute approximate surface area is 121 Å². The molecule has 5 heteroatoms. The van der Waals surface area contributed by atoms with Crippen LogP contribution in [0.15, 0.2) is 27.1 Å². The van der Waals surface area contributed by atoms with Gasteiger partial charge in [0, 0.05) is 4.47 Å². The van der Waals surface area contributed by atoms with Crippen LogP contribution in [0.1, 0.15) is 37.8 Å². The van der Waals surface area contributed by atoms with Gasteiger partial charge in [-0.2, -0.15) is 0 Å². The maximum atomic E-state index is 5.75. The molecule has 2 aromatic rings. The molecule has 0 amide bonds. The van der Waals surface area contributed by atoms with Crippen LogP contribution in [0.5, 0.6) is 0 Å². The van der Waals surface area contributed by atoms with Crippen molar-refractivity contribution in [1.82, 2.24) is 15.5 Å². The van der Waals surface area contributed by atoms with E-state index in [4.69, 9.17) is 4.42 Å². The molecule has 2 rings (SSSR count). The highest BCUT2D eigenvalue weighted by molar-refractivity contribution is 9.10. The molecule has 1 atom stereocenters. The first-order valence-corrected chi connectivity index (χ1v) is 7.25. The summed E-state index contributed by atoms with van der Waals surface area (Å²) in [5.41, 5.74) is 2.08. The van der Waals surface area contributed by atoms with Crippen molar-refractivity contribution in [2.75, 3.05) is 6.54 Å². The van der Waals surface area contributed by atoms with Crippen LogP contribution in [0.4, 0.5) is 0 Å². The average molecular weight is 324 g/mol. The summed E-state index contributed by atoms with van der Waals surface area (Å²) in [4.78, 5) is 0. The minimum atomic E-state index is 0.0739. The quantitative estimate of drug-likeness (QED) is 0.907. The third-order valence-corrected chi connectivity index (χ3v) is 3.99. The molecule has 1 aromatic heterocycles. The lowest BCUT2D eigenvalue weighted by Gasteiger charge is -2.07. The lowest BCUT2D eigenvalue weighted by atomic mass is 10.1. The van der Waals surface area contributed by atoms with Gasteiger partial charge in [-0.1, -0.05) is 19.1 Å². The SMILES string of the molecule is CCCNC(C)c1nnc(-c2cccc(C)c2Br)o1. The molecule has 0 radical (unpaired) electrons. The van der Waals surface area contributed by atoms with Gasteiger partial charge in [0.1, 0.15) is 0 Å². The minimum absolute atomic E-state index is 0.0739. The molecule has 1 aromatic carbocycles. The van der Waals surface area contributed by atoms with Crippen LogP contribution < -0.4 is 5.32 Å². The molecule has 102 valence electrons. The number of hydrogen-bond acceptors (Lipinski definition) is 4. The lowest BCUT2D eigenvalue weighted by molar-refractivity contribution is 0.423. The second-order valence-corrected chi connectivity index (χ2v) is 5.35. The zero-order chi connectivity index (χ0) is 13.8. The van der Waals surface area contributed by atoms with Crippen molar-refractivity contribution in [3.05, 3.63) is 34.1 Å². The largest absolute Gasteiger partial charge is 0.419 e. The molecule has 1 unspecified atom stereocenters. The van der Waals surface area contributed by atoms with Crippen molar-refractivity contribution in [2.24, 2.45) is 0 Å². The van der Waals surface area contributed by atoms with Gasteiger partial charge in [0.05, 0.1) is 11.6 Å². The second-order valence-electron chi connectivity index (χ2n) is 4.56. The molecule has 0 bridgehead atoms. The fraction of sp³-hybridized carbons (Fsp3) is 0.429. The number of rotatable bonds is 5. The number of nitrogens with zero attached hydrogens (tertiary/aromatic N) is 2. The first kappa shape index (κ1) is 14.2. The summed E-state index contributed by atoms with van der Waals surface area (Å²) in [6.07, 6.45) is 1.08. The van der Waals surface area contributed by atoms with Crippen LogP contribution >= 0.6 is 15.9 Å². The number of nitrogens with one attached hydrogen (secondary N) is 1. The van der Waals surface area contributed by atoms with E-state index in [1.807, 2.05) is 32.0 Å². The van der Waals surface area contributed by atoms with E-state index in [0.29, 0.717) is 11.8 Å². The predicted octanol–water partition coefficient (Wildman–Crippen LogP) is 3.87. The van der Waals surface area contributed by atoms with E-state index in [1.54, 1.807) is 0 Å². The molecular weight excluding hydrogens is 306 g/mol. The Balaban J connectivity index is 2.23. The molecule has 0 saturated heterocycles. The van der Waals surface area contributed by atoms with E-state index in [0.717, 1.165) is 28.6 Å². The molecule has 1 heterocycles. The standard InChI is InChI=1S/C14H18BrN3O/c1-4-8-16-10(3)13-17-18-14(19-13)11-7-5-6-9(2)12(11)15/h5-7,10,16H,4,8H2,1-3H3. The Bertz CT molecular complexity index is 553. The Hall–Kier alpha value is -1.20. The van der Waals surface area contributed by atoms with Crippen LogP contribution in [0.2, 0.25) is 0 Å². The van der Waals surface area contributed by atoms with Crippen LogP contribution in [-0.4, -0.2) is 16.7 Å². The first-order chi connectivity index (χ1) is 9.13. The molecule has 0 aliphatic heterocycles. The normalized spacial score (nSPS) is 12.6. The number of benzene rings is 1. The van der Waals surface area contributed by atoms with Gasteiger partial charge >= 0.3 is 0 Å². The van der Waals surface area contributed by atoms with E-state index in [2.05, 4.69) is 38.4 Å². The average Bonchev–Trinajstić information content (AvgIpc) is 2.88. The van der Waals surface area contributed by atoms with Crippen LogP contribution in [0.25, 0.3) is 11.5 Å². The number of hydrogen-bond donors (Lipinski definition) is 1. The van der Waals surface area contributed by atoms with Gasteiger partial charge in [-0.3, -0.25) is 0 Å². The smallest absolute Gasteiger partial charge is 0.248 e. The second kappa shape index (κ2) is 6.30. The van der Waals surface area contributed by atoms with E-state index in [1.165, 1.54) is 0 Å². The Morgan fingerprint density at radius 1 is 1.37 bits per heavy atom. The van der Waals surface area contributed by atoms with Crippen LogP contribution in [0, 0.1) is 6.92 Å². The van der Waals surface area contributed by atoms with Crippen molar-refractivity contribution < 1.29 is 4.42 Å². The van der Waals surface area contributed by atoms with Crippen molar-refractivity contribution in [3.63, 3.8) is 0 Å². The van der Waals surface area contributed by atoms with Crippen LogP contribution in [-0.2, 0) is 0 Å². The topological polar surface area (TPSA) is 51.0 Å². The number of aromatic nitrogens is 2. The Morgan fingerprint density at radius 2 is 2.16 bits per heavy atom. The summed E-state index contributed by atoms with van der Waals surface area (Å²) in [6, 6.07) is 6.07. The first-order valence-electron chi connectivity index (χ1n) is 6.45. The zero-order valence-corrected chi connectivity index (χ0v) is 13.0. The number of halogens is 1. The van der Waals surface area contributed by atoms with Gasteiger partial charge in [-0.25, -0.2) is 0 Å². The maximum absolute atomic E-state index is 5.75. The fourth-order valence-corrected chi connectivity index (χ4v) is 2.21. The van der Waals surface area contributed by atoms with E-state index >= 15 is 0 Å². The molecule has 19 heavy (non-hydrogen) atoms. The predicted molar refractivity (Wildman–Crippen MR) is 78.9 cm³/mol. The summed E-state index contributed by atoms with van der Waals surface area (Å²) >= 11 is 3.56. The van der Waals surface area contributed by atoms with E-state index in [-0.39, 0.29) is 6.04 Å². The highest BCUT2D eigenvalue weighted by Crippen LogP contribution is 2.30.